The van der Waals surface area contributed by atoms with Crippen molar-refractivity contribution >= 4 is 11.2 Å². The second-order valence-corrected chi connectivity index (χ2v) is 5.54. The summed E-state index contributed by atoms with van der Waals surface area (Å²) in [5.74, 6) is -0.827. The summed E-state index contributed by atoms with van der Waals surface area (Å²) in [6, 6.07) is 15.0. The number of nitrogens with zero attached hydrogens (tertiary/aromatic N) is 3. The van der Waals surface area contributed by atoms with Gasteiger partial charge in [0.05, 0.1) is 11.4 Å². The lowest BCUT2D eigenvalue weighted by Gasteiger charge is -2.08. The zero-order valence-corrected chi connectivity index (χ0v) is 13.0. The van der Waals surface area contributed by atoms with Crippen LogP contribution in [0.5, 0.6) is 5.75 Å². The number of halogens is 1. The van der Waals surface area contributed by atoms with Gasteiger partial charge in [-0.2, -0.15) is 5.10 Å². The predicted octanol–water partition coefficient (Wildman–Crippen LogP) is 3.66. The maximum absolute atomic E-state index is 14.2. The van der Waals surface area contributed by atoms with E-state index in [4.69, 9.17) is 5.41 Å². The fourth-order valence-electron chi connectivity index (χ4n) is 2.82. The van der Waals surface area contributed by atoms with Gasteiger partial charge in [0.1, 0.15) is 23.4 Å². The van der Waals surface area contributed by atoms with Crippen molar-refractivity contribution in [2.24, 2.45) is 0 Å². The third-order valence-electron chi connectivity index (χ3n) is 3.99. The number of phenolic OH excluding ortho intramolecular Hbond substituents is 1. The first kappa shape index (κ1) is 15.0. The lowest BCUT2D eigenvalue weighted by Crippen LogP contribution is -2.06. The van der Waals surface area contributed by atoms with Crippen molar-refractivity contribution in [3.63, 3.8) is 0 Å². The van der Waals surface area contributed by atoms with Crippen LogP contribution in [-0.4, -0.2) is 25.4 Å². The molecule has 2 aromatic heterocycles. The Labute approximate surface area is 142 Å². The highest BCUT2D eigenvalue weighted by atomic mass is 19.1. The number of hydrogen-bond acceptors (Lipinski definition) is 4. The number of phenols is 1. The van der Waals surface area contributed by atoms with Crippen molar-refractivity contribution in [2.45, 2.75) is 0 Å². The first-order valence-electron chi connectivity index (χ1n) is 7.61. The maximum Gasteiger partial charge on any atom is 0.137 e. The molecule has 0 aliphatic heterocycles. The van der Waals surface area contributed by atoms with Crippen molar-refractivity contribution in [3.8, 4) is 17.0 Å². The van der Waals surface area contributed by atoms with Crippen molar-refractivity contribution in [2.75, 3.05) is 0 Å². The largest absolute Gasteiger partial charge is 0.508 e. The number of rotatable bonds is 3. The molecular formula is C19H13FN4O. The van der Waals surface area contributed by atoms with E-state index in [1.54, 1.807) is 16.8 Å². The second-order valence-electron chi connectivity index (χ2n) is 5.54. The lowest BCUT2D eigenvalue weighted by molar-refractivity contribution is 0.469. The quantitative estimate of drug-likeness (QED) is 0.562. The van der Waals surface area contributed by atoms with Gasteiger partial charge in [-0.05, 0) is 18.2 Å². The molecule has 0 radical (unpaired) electrons. The number of benzene rings is 2. The molecule has 2 N–H and O–H groups in total. The minimum atomic E-state index is -0.650. The molecule has 2 aromatic carbocycles. The SMILES string of the molecule is N=C(c1ccc(O)cc1F)c1ccn2ncnc(-c3ccccc3)c12. The number of aromatic hydroxyl groups is 1. The first-order valence-corrected chi connectivity index (χ1v) is 7.61. The minimum absolute atomic E-state index is 0.00646. The summed E-state index contributed by atoms with van der Waals surface area (Å²) in [6.07, 6.45) is 3.16. The van der Waals surface area contributed by atoms with E-state index in [2.05, 4.69) is 10.1 Å². The predicted molar refractivity (Wildman–Crippen MR) is 92.4 cm³/mol. The van der Waals surface area contributed by atoms with Gasteiger partial charge in [-0.3, -0.25) is 5.41 Å². The summed E-state index contributed by atoms with van der Waals surface area (Å²) < 4.78 is 15.8. The Kier molecular flexibility index (Phi) is 3.50. The number of hydrogen-bond donors (Lipinski definition) is 2. The molecule has 25 heavy (non-hydrogen) atoms. The van der Waals surface area contributed by atoms with Crippen molar-refractivity contribution in [1.82, 2.24) is 14.6 Å². The maximum atomic E-state index is 14.2. The molecule has 0 saturated heterocycles. The van der Waals surface area contributed by atoms with Crippen LogP contribution in [0.15, 0.2) is 67.1 Å². The van der Waals surface area contributed by atoms with Crippen molar-refractivity contribution < 1.29 is 9.50 Å². The summed E-state index contributed by atoms with van der Waals surface area (Å²) in [5, 5.41) is 22.0. The van der Waals surface area contributed by atoms with Crippen LogP contribution < -0.4 is 0 Å². The minimum Gasteiger partial charge on any atom is -0.508 e. The molecule has 0 saturated carbocycles. The van der Waals surface area contributed by atoms with Crippen LogP contribution in [0, 0.1) is 11.2 Å². The monoisotopic (exact) mass is 332 g/mol. The highest BCUT2D eigenvalue weighted by molar-refractivity contribution is 6.16. The van der Waals surface area contributed by atoms with Crippen LogP contribution in [0.1, 0.15) is 11.1 Å². The van der Waals surface area contributed by atoms with Crippen LogP contribution >= 0.6 is 0 Å². The third-order valence-corrected chi connectivity index (χ3v) is 3.99. The second kappa shape index (κ2) is 5.83. The van der Waals surface area contributed by atoms with Crippen LogP contribution in [0.4, 0.5) is 4.39 Å². The lowest BCUT2D eigenvalue weighted by atomic mass is 10.0. The molecule has 0 bridgehead atoms. The standard InChI is InChI=1S/C19H13FN4O/c20-16-10-13(25)6-7-14(16)17(21)15-8-9-24-19(15)18(22-11-23-24)12-4-2-1-3-5-12/h1-11,21,25H. The van der Waals surface area contributed by atoms with Gasteiger partial charge in [-0.15, -0.1) is 0 Å². The topological polar surface area (TPSA) is 74.3 Å². The van der Waals surface area contributed by atoms with Gasteiger partial charge < -0.3 is 5.11 Å². The Balaban J connectivity index is 1.93. The fraction of sp³-hybridized carbons (Fsp3) is 0. The Hall–Kier alpha value is -3.54. The van der Waals surface area contributed by atoms with Gasteiger partial charge in [0.2, 0.25) is 0 Å². The van der Waals surface area contributed by atoms with E-state index in [0.29, 0.717) is 16.8 Å². The zero-order valence-electron chi connectivity index (χ0n) is 13.0. The summed E-state index contributed by atoms with van der Waals surface area (Å²) in [5.41, 5.74) is 2.81. The van der Waals surface area contributed by atoms with Gasteiger partial charge in [-0.25, -0.2) is 13.9 Å². The molecule has 0 aliphatic rings. The molecule has 5 nitrogen and oxygen atoms in total. The highest BCUT2D eigenvalue weighted by Crippen LogP contribution is 2.27. The Morgan fingerprint density at radius 1 is 1.04 bits per heavy atom. The van der Waals surface area contributed by atoms with E-state index in [1.807, 2.05) is 30.3 Å². The Morgan fingerprint density at radius 3 is 2.60 bits per heavy atom. The normalized spacial score (nSPS) is 10.9. The molecule has 6 heteroatoms. The van der Waals surface area contributed by atoms with Gasteiger partial charge in [0, 0.05) is 29.0 Å². The van der Waals surface area contributed by atoms with E-state index in [-0.39, 0.29) is 17.0 Å². The molecule has 0 amide bonds. The number of fused-ring (bicyclic) bond motifs is 1. The zero-order chi connectivity index (χ0) is 17.4. The summed E-state index contributed by atoms with van der Waals surface area (Å²) in [7, 11) is 0. The average Bonchev–Trinajstić information content (AvgIpc) is 3.06. The van der Waals surface area contributed by atoms with Crippen LogP contribution in [0.2, 0.25) is 0 Å². The molecule has 4 aromatic rings. The van der Waals surface area contributed by atoms with Crippen LogP contribution in [-0.2, 0) is 0 Å². The third kappa shape index (κ3) is 2.53. The number of nitrogens with one attached hydrogen (secondary N) is 1. The Bertz CT molecular complexity index is 1090. The van der Waals surface area contributed by atoms with E-state index in [9.17, 15) is 9.50 Å². The van der Waals surface area contributed by atoms with Gasteiger partial charge >= 0.3 is 0 Å². The van der Waals surface area contributed by atoms with Gasteiger partial charge in [-0.1, -0.05) is 30.3 Å². The van der Waals surface area contributed by atoms with Gasteiger partial charge in [0.25, 0.3) is 0 Å². The van der Waals surface area contributed by atoms with E-state index < -0.39 is 5.82 Å². The summed E-state index contributed by atoms with van der Waals surface area (Å²) >= 11 is 0. The van der Waals surface area contributed by atoms with E-state index in [1.165, 1.54) is 18.5 Å². The van der Waals surface area contributed by atoms with Crippen molar-refractivity contribution in [3.05, 3.63) is 84.1 Å². The van der Waals surface area contributed by atoms with Crippen molar-refractivity contribution in [1.29, 1.82) is 5.41 Å². The Morgan fingerprint density at radius 2 is 1.84 bits per heavy atom. The van der Waals surface area contributed by atoms with E-state index in [0.717, 1.165) is 11.6 Å². The average molecular weight is 332 g/mol. The molecule has 2 heterocycles. The summed E-state index contributed by atoms with van der Waals surface area (Å²) in [6.45, 7) is 0. The molecule has 0 atom stereocenters. The first-order chi connectivity index (χ1) is 12.1. The summed E-state index contributed by atoms with van der Waals surface area (Å²) in [4.78, 5) is 4.36. The molecule has 122 valence electrons. The molecule has 0 unspecified atom stereocenters. The molecule has 0 spiro atoms. The number of aromatic nitrogens is 3. The molecule has 0 fully saturated rings. The highest BCUT2D eigenvalue weighted by Gasteiger charge is 2.18. The fourth-order valence-corrected chi connectivity index (χ4v) is 2.82. The molecule has 4 rings (SSSR count). The molecule has 0 aliphatic carbocycles. The van der Waals surface area contributed by atoms with E-state index >= 15 is 0 Å². The van der Waals surface area contributed by atoms with Crippen LogP contribution in [0.3, 0.4) is 0 Å². The molecular weight excluding hydrogens is 319 g/mol. The van der Waals surface area contributed by atoms with Gasteiger partial charge in [0.15, 0.2) is 0 Å². The van der Waals surface area contributed by atoms with Crippen LogP contribution in [0.25, 0.3) is 16.8 Å². The smallest absolute Gasteiger partial charge is 0.137 e.